The molecule has 0 atom stereocenters. The average Bonchev–Trinajstić information content (AvgIpc) is 3.60. The van der Waals surface area contributed by atoms with Crippen LogP contribution in [0.3, 0.4) is 0 Å². The van der Waals surface area contributed by atoms with E-state index < -0.39 is 11.6 Å². The second kappa shape index (κ2) is 9.56. The van der Waals surface area contributed by atoms with Gasteiger partial charge >= 0.3 is 6.09 Å². The molecule has 4 rings (SSSR count). The Bertz CT molecular complexity index is 1130. The molecular weight excluding hydrogens is 422 g/mol. The van der Waals surface area contributed by atoms with Crippen molar-refractivity contribution in [3.05, 3.63) is 72.3 Å². The van der Waals surface area contributed by atoms with E-state index >= 15 is 0 Å². The lowest BCUT2D eigenvalue weighted by Gasteiger charge is -2.17. The Morgan fingerprint density at radius 1 is 1.03 bits per heavy atom. The van der Waals surface area contributed by atoms with Gasteiger partial charge in [-0.25, -0.2) is 14.8 Å². The Hall–Kier alpha value is -4.14. The fourth-order valence-corrected chi connectivity index (χ4v) is 3.32. The number of amides is 2. The van der Waals surface area contributed by atoms with Gasteiger partial charge in [0.15, 0.2) is 5.75 Å². The van der Waals surface area contributed by atoms with E-state index in [4.69, 9.17) is 9.47 Å². The van der Waals surface area contributed by atoms with Crippen molar-refractivity contribution in [1.82, 2.24) is 20.6 Å². The van der Waals surface area contributed by atoms with Gasteiger partial charge < -0.3 is 25.4 Å². The van der Waals surface area contributed by atoms with Gasteiger partial charge in [0.25, 0.3) is 0 Å². The monoisotopic (exact) mass is 447 g/mol. The number of ether oxygens (including phenoxy) is 2. The van der Waals surface area contributed by atoms with E-state index in [0.29, 0.717) is 19.4 Å². The summed E-state index contributed by atoms with van der Waals surface area (Å²) in [5.41, 5.74) is 3.02. The highest BCUT2D eigenvalue weighted by atomic mass is 16.6. The lowest BCUT2D eigenvalue weighted by Crippen LogP contribution is -2.49. The lowest BCUT2D eigenvalue weighted by atomic mass is 10.1. The Balaban J connectivity index is 1.28. The highest BCUT2D eigenvalue weighted by Crippen LogP contribution is 2.36. The zero-order valence-electron chi connectivity index (χ0n) is 18.4. The Kier molecular flexibility index (Phi) is 6.39. The number of benzene rings is 2. The van der Waals surface area contributed by atoms with Crippen molar-refractivity contribution < 1.29 is 19.1 Å². The molecule has 1 aromatic heterocycles. The summed E-state index contributed by atoms with van der Waals surface area (Å²) < 4.78 is 10.4. The van der Waals surface area contributed by atoms with Gasteiger partial charge in [0.05, 0.1) is 19.5 Å². The molecule has 3 N–H and O–H groups in total. The number of aryl methyl sites for hydroxylation is 1. The summed E-state index contributed by atoms with van der Waals surface area (Å²) in [7, 11) is 1.65. The maximum Gasteiger partial charge on any atom is 0.413 e. The molecule has 0 aliphatic heterocycles. The first-order valence-electron chi connectivity index (χ1n) is 10.5. The lowest BCUT2D eigenvalue weighted by molar-refractivity contribution is -0.124. The first-order chi connectivity index (χ1) is 16.0. The van der Waals surface area contributed by atoms with Crippen LogP contribution in [0.4, 0.5) is 16.2 Å². The first-order valence-corrected chi connectivity index (χ1v) is 10.5. The van der Waals surface area contributed by atoms with Crippen molar-refractivity contribution in [3.63, 3.8) is 0 Å². The minimum absolute atomic E-state index is 0.213. The van der Waals surface area contributed by atoms with Gasteiger partial charge in [0.2, 0.25) is 5.91 Å². The fraction of sp³-hybridized carbons (Fsp3) is 0.250. The Labute approximate surface area is 191 Å². The van der Waals surface area contributed by atoms with Gasteiger partial charge in [-0.05, 0) is 61.2 Å². The van der Waals surface area contributed by atoms with E-state index in [2.05, 4.69) is 25.9 Å². The van der Waals surface area contributed by atoms with Crippen LogP contribution in [-0.2, 0) is 11.3 Å². The van der Waals surface area contributed by atoms with Gasteiger partial charge in [0.1, 0.15) is 17.6 Å². The molecule has 0 radical (unpaired) electrons. The molecule has 1 aliphatic rings. The van der Waals surface area contributed by atoms with Crippen LogP contribution >= 0.6 is 0 Å². The zero-order valence-corrected chi connectivity index (χ0v) is 18.4. The van der Waals surface area contributed by atoms with E-state index in [0.717, 1.165) is 28.3 Å². The van der Waals surface area contributed by atoms with Crippen molar-refractivity contribution >= 4 is 23.4 Å². The molecule has 1 saturated carbocycles. The van der Waals surface area contributed by atoms with Crippen molar-refractivity contribution in [2.45, 2.75) is 31.8 Å². The molecule has 2 amide bonds. The Morgan fingerprint density at radius 2 is 1.76 bits per heavy atom. The molecule has 1 aliphatic carbocycles. The Morgan fingerprint density at radius 3 is 2.39 bits per heavy atom. The molecule has 0 unspecified atom stereocenters. The molecule has 0 saturated heterocycles. The van der Waals surface area contributed by atoms with Gasteiger partial charge in [0, 0.05) is 17.9 Å². The predicted molar refractivity (Wildman–Crippen MR) is 122 cm³/mol. The van der Waals surface area contributed by atoms with Crippen LogP contribution in [0.15, 0.2) is 61.2 Å². The third-order valence-electron chi connectivity index (χ3n) is 5.39. The van der Waals surface area contributed by atoms with Gasteiger partial charge in [-0.2, -0.15) is 0 Å². The number of methoxy groups -OCH3 is 1. The van der Waals surface area contributed by atoms with Crippen LogP contribution in [0.1, 0.15) is 24.0 Å². The standard InChI is InChI=1S/C24H25N5O4/c1-16-11-19(32-2)7-8-21(16)28-18-5-3-17(4-6-18)12-27-22(30)24(9-10-24)29-23(31)33-20-13-25-15-26-14-20/h3-8,11,13-15,28H,9-10,12H2,1-2H3,(H,27,30)(H,29,31). The van der Waals surface area contributed by atoms with Crippen LogP contribution in [0, 0.1) is 6.92 Å². The van der Waals surface area contributed by atoms with Crippen molar-refractivity contribution in [3.8, 4) is 11.5 Å². The number of rotatable bonds is 8. The molecule has 33 heavy (non-hydrogen) atoms. The number of carbonyl (C=O) groups is 2. The van der Waals surface area contributed by atoms with Gasteiger partial charge in [-0.3, -0.25) is 4.79 Å². The van der Waals surface area contributed by atoms with Crippen LogP contribution in [0.2, 0.25) is 0 Å². The maximum atomic E-state index is 12.7. The number of nitrogens with zero attached hydrogens (tertiary/aromatic N) is 2. The normalized spacial score (nSPS) is 13.5. The third-order valence-corrected chi connectivity index (χ3v) is 5.39. The molecule has 170 valence electrons. The molecule has 3 aromatic rings. The smallest absolute Gasteiger partial charge is 0.413 e. The molecule has 9 heteroatoms. The van der Waals surface area contributed by atoms with Crippen LogP contribution < -0.4 is 25.4 Å². The highest BCUT2D eigenvalue weighted by Gasteiger charge is 2.51. The predicted octanol–water partition coefficient (Wildman–Crippen LogP) is 3.47. The molecule has 1 fully saturated rings. The largest absolute Gasteiger partial charge is 0.497 e. The van der Waals surface area contributed by atoms with Crippen LogP contribution in [0.25, 0.3) is 0 Å². The van der Waals surface area contributed by atoms with Gasteiger partial charge in [-0.1, -0.05) is 12.1 Å². The third kappa shape index (κ3) is 5.57. The minimum atomic E-state index is -0.930. The number of nitrogens with one attached hydrogen (secondary N) is 3. The van der Waals surface area contributed by atoms with Crippen molar-refractivity contribution in [1.29, 1.82) is 0 Å². The second-order valence-electron chi connectivity index (χ2n) is 7.86. The molecule has 9 nitrogen and oxygen atoms in total. The number of aromatic nitrogens is 2. The number of anilines is 2. The van der Waals surface area contributed by atoms with E-state index in [1.807, 2.05) is 49.4 Å². The second-order valence-corrected chi connectivity index (χ2v) is 7.86. The summed E-state index contributed by atoms with van der Waals surface area (Å²) in [5, 5.41) is 8.93. The summed E-state index contributed by atoms with van der Waals surface area (Å²) in [6, 6.07) is 13.6. The first kappa shape index (κ1) is 22.1. The fourth-order valence-electron chi connectivity index (χ4n) is 3.32. The summed E-state index contributed by atoms with van der Waals surface area (Å²) in [6.07, 6.45) is 4.50. The SMILES string of the molecule is COc1ccc(Nc2ccc(CNC(=O)C3(NC(=O)Oc4cncnc4)CC3)cc2)c(C)c1. The molecular formula is C24H25N5O4. The average molecular weight is 447 g/mol. The van der Waals surface area contributed by atoms with E-state index in [1.54, 1.807) is 7.11 Å². The summed E-state index contributed by atoms with van der Waals surface area (Å²) >= 11 is 0. The summed E-state index contributed by atoms with van der Waals surface area (Å²) in [5.74, 6) is 0.791. The van der Waals surface area contributed by atoms with Crippen LogP contribution in [0.5, 0.6) is 11.5 Å². The van der Waals surface area contributed by atoms with Crippen molar-refractivity contribution in [2.75, 3.05) is 12.4 Å². The van der Waals surface area contributed by atoms with E-state index in [1.165, 1.54) is 18.7 Å². The summed E-state index contributed by atoms with van der Waals surface area (Å²) in [4.78, 5) is 32.3. The van der Waals surface area contributed by atoms with Gasteiger partial charge in [-0.15, -0.1) is 0 Å². The summed E-state index contributed by atoms with van der Waals surface area (Å²) in [6.45, 7) is 2.37. The highest BCUT2D eigenvalue weighted by molar-refractivity contribution is 5.93. The number of hydrogen-bond acceptors (Lipinski definition) is 7. The zero-order chi connectivity index (χ0) is 23.3. The molecule has 2 aromatic carbocycles. The maximum absolute atomic E-state index is 12.7. The molecule has 0 bridgehead atoms. The van der Waals surface area contributed by atoms with Crippen molar-refractivity contribution in [2.24, 2.45) is 0 Å². The number of hydrogen-bond donors (Lipinski definition) is 3. The molecule has 0 spiro atoms. The number of carbonyl (C=O) groups excluding carboxylic acids is 2. The molecule has 1 heterocycles. The minimum Gasteiger partial charge on any atom is -0.497 e. The topological polar surface area (TPSA) is 114 Å². The van der Waals surface area contributed by atoms with E-state index in [-0.39, 0.29) is 11.7 Å². The quantitative estimate of drug-likeness (QED) is 0.484. The van der Waals surface area contributed by atoms with E-state index in [9.17, 15) is 9.59 Å². The van der Waals surface area contributed by atoms with Crippen LogP contribution in [-0.4, -0.2) is 34.6 Å².